The van der Waals surface area contributed by atoms with Gasteiger partial charge in [-0.15, -0.1) is 0 Å². The zero-order valence-corrected chi connectivity index (χ0v) is 6.85. The number of primary amides is 1. The molecule has 3 heteroatoms. The first-order valence-electron chi connectivity index (χ1n) is 3.12. The van der Waals surface area contributed by atoms with Crippen molar-refractivity contribution in [2.45, 2.75) is 13.8 Å². The Balaban J connectivity index is 0. The van der Waals surface area contributed by atoms with Crippen LogP contribution in [0.15, 0.2) is 12.2 Å². The minimum absolute atomic E-state index is 0.174. The topological polar surface area (TPSA) is 69.1 Å². The van der Waals surface area contributed by atoms with Crippen LogP contribution in [0.5, 0.6) is 0 Å². The summed E-state index contributed by atoms with van der Waals surface area (Å²) in [4.78, 5) is 10.3. The summed E-state index contributed by atoms with van der Waals surface area (Å²) in [5.41, 5.74) is 9.89. The predicted octanol–water partition coefficient (Wildman–Crippen LogP) is 0.259. The predicted molar refractivity (Wildman–Crippen MR) is 43.3 cm³/mol. The number of carbonyl (C=O) groups excluding carboxylic acids is 1. The third kappa shape index (κ3) is 5.31. The maximum Gasteiger partial charge on any atom is 0.244 e. The van der Waals surface area contributed by atoms with Crippen LogP contribution in [0, 0.1) is 5.92 Å². The Kier molecular flexibility index (Phi) is 7.49. The van der Waals surface area contributed by atoms with Crippen molar-refractivity contribution < 1.29 is 4.79 Å². The van der Waals surface area contributed by atoms with Gasteiger partial charge in [-0.3, -0.25) is 4.79 Å². The molecule has 0 rings (SSSR count). The quantitative estimate of drug-likeness (QED) is 0.546. The van der Waals surface area contributed by atoms with Crippen LogP contribution in [0.2, 0.25) is 0 Å². The van der Waals surface area contributed by atoms with Crippen LogP contribution in [-0.4, -0.2) is 13.0 Å². The SMILES string of the molecule is C=C(C(N)=O)C(C)C.CN. The maximum atomic E-state index is 10.3. The summed E-state index contributed by atoms with van der Waals surface area (Å²) in [6.07, 6.45) is 0. The zero-order valence-electron chi connectivity index (χ0n) is 6.85. The summed E-state index contributed by atoms with van der Waals surface area (Å²) in [5.74, 6) is -0.229. The molecule has 0 aliphatic rings. The highest BCUT2D eigenvalue weighted by Crippen LogP contribution is 2.03. The third-order valence-electron chi connectivity index (χ3n) is 1.01. The smallest absolute Gasteiger partial charge is 0.244 e. The molecule has 0 aromatic rings. The van der Waals surface area contributed by atoms with Gasteiger partial charge in [0.25, 0.3) is 0 Å². The molecule has 0 aromatic carbocycles. The summed E-state index contributed by atoms with van der Waals surface area (Å²) in [5, 5.41) is 0. The van der Waals surface area contributed by atoms with E-state index in [0.29, 0.717) is 5.57 Å². The van der Waals surface area contributed by atoms with Crippen molar-refractivity contribution in [3.8, 4) is 0 Å². The molecule has 0 fully saturated rings. The van der Waals surface area contributed by atoms with Crippen LogP contribution in [0.25, 0.3) is 0 Å². The number of carbonyl (C=O) groups is 1. The molecular formula is C7H16N2O. The molecule has 0 atom stereocenters. The van der Waals surface area contributed by atoms with Gasteiger partial charge in [-0.05, 0) is 13.0 Å². The molecule has 1 amide bonds. The lowest BCUT2D eigenvalue weighted by molar-refractivity contribution is -0.114. The highest BCUT2D eigenvalue weighted by atomic mass is 16.1. The van der Waals surface area contributed by atoms with E-state index in [1.165, 1.54) is 7.05 Å². The Morgan fingerprint density at radius 1 is 1.40 bits per heavy atom. The Morgan fingerprint density at radius 3 is 1.70 bits per heavy atom. The standard InChI is InChI=1S/C6H11NO.CH5N/c1-4(2)5(3)6(7)8;1-2/h4H,3H2,1-2H3,(H2,7,8);2H2,1H3. The zero-order chi connectivity index (χ0) is 8.73. The molecule has 0 bridgehead atoms. The van der Waals surface area contributed by atoms with Gasteiger partial charge >= 0.3 is 0 Å². The summed E-state index contributed by atoms with van der Waals surface area (Å²) in [7, 11) is 1.50. The Bertz CT molecular complexity index is 119. The first-order valence-corrected chi connectivity index (χ1v) is 3.12. The van der Waals surface area contributed by atoms with E-state index in [1.807, 2.05) is 13.8 Å². The lowest BCUT2D eigenvalue weighted by atomic mass is 10.1. The average molecular weight is 144 g/mol. The second-order valence-electron chi connectivity index (χ2n) is 2.04. The first-order chi connectivity index (χ1) is 4.55. The fourth-order valence-electron chi connectivity index (χ4n) is 0.285. The van der Waals surface area contributed by atoms with Gasteiger partial charge in [-0.1, -0.05) is 20.4 Å². The van der Waals surface area contributed by atoms with Crippen molar-refractivity contribution in [1.82, 2.24) is 0 Å². The molecule has 0 saturated carbocycles. The lowest BCUT2D eigenvalue weighted by Gasteiger charge is -2.01. The van der Waals surface area contributed by atoms with Gasteiger partial charge in [0.1, 0.15) is 0 Å². The second kappa shape index (κ2) is 6.29. The molecule has 0 spiro atoms. The second-order valence-corrected chi connectivity index (χ2v) is 2.04. The van der Waals surface area contributed by atoms with E-state index in [-0.39, 0.29) is 5.92 Å². The maximum absolute atomic E-state index is 10.3. The third-order valence-corrected chi connectivity index (χ3v) is 1.01. The average Bonchev–Trinajstić information content (AvgIpc) is 1.90. The van der Waals surface area contributed by atoms with Crippen molar-refractivity contribution in [3.63, 3.8) is 0 Å². The summed E-state index contributed by atoms with van der Waals surface area (Å²) >= 11 is 0. The molecule has 0 aliphatic heterocycles. The van der Waals surface area contributed by atoms with Crippen LogP contribution in [-0.2, 0) is 4.79 Å². The van der Waals surface area contributed by atoms with E-state index < -0.39 is 5.91 Å². The summed E-state index contributed by atoms with van der Waals surface area (Å²) in [6, 6.07) is 0. The monoisotopic (exact) mass is 144 g/mol. The normalized spacial score (nSPS) is 8.10. The van der Waals surface area contributed by atoms with Crippen LogP contribution in [0.3, 0.4) is 0 Å². The van der Waals surface area contributed by atoms with E-state index in [9.17, 15) is 4.79 Å². The fraction of sp³-hybridized carbons (Fsp3) is 0.571. The number of hydrogen-bond donors (Lipinski definition) is 2. The number of amides is 1. The van der Waals surface area contributed by atoms with Crippen LogP contribution in [0.1, 0.15) is 13.8 Å². The largest absolute Gasteiger partial charge is 0.366 e. The van der Waals surface area contributed by atoms with E-state index in [2.05, 4.69) is 12.3 Å². The van der Waals surface area contributed by atoms with Gasteiger partial charge in [0.2, 0.25) is 5.91 Å². The number of nitrogens with two attached hydrogens (primary N) is 2. The van der Waals surface area contributed by atoms with E-state index in [4.69, 9.17) is 5.73 Å². The van der Waals surface area contributed by atoms with Crippen molar-refractivity contribution in [3.05, 3.63) is 12.2 Å². The number of rotatable bonds is 2. The molecular weight excluding hydrogens is 128 g/mol. The van der Waals surface area contributed by atoms with Crippen molar-refractivity contribution in [2.75, 3.05) is 7.05 Å². The van der Waals surface area contributed by atoms with Crippen molar-refractivity contribution >= 4 is 5.91 Å². The molecule has 0 aromatic heterocycles. The van der Waals surface area contributed by atoms with Crippen molar-refractivity contribution in [1.29, 1.82) is 0 Å². The van der Waals surface area contributed by atoms with Crippen LogP contribution >= 0.6 is 0 Å². The molecule has 10 heavy (non-hydrogen) atoms. The van der Waals surface area contributed by atoms with Gasteiger partial charge in [-0.2, -0.15) is 0 Å². The van der Waals surface area contributed by atoms with E-state index >= 15 is 0 Å². The van der Waals surface area contributed by atoms with E-state index in [1.54, 1.807) is 0 Å². The highest BCUT2D eigenvalue weighted by Gasteiger charge is 2.03. The molecule has 60 valence electrons. The van der Waals surface area contributed by atoms with Crippen LogP contribution < -0.4 is 11.5 Å². The van der Waals surface area contributed by atoms with Crippen molar-refractivity contribution in [2.24, 2.45) is 17.4 Å². The van der Waals surface area contributed by atoms with Gasteiger partial charge in [0.05, 0.1) is 0 Å². The van der Waals surface area contributed by atoms with Gasteiger partial charge < -0.3 is 11.5 Å². The fourth-order valence-corrected chi connectivity index (χ4v) is 0.285. The summed E-state index contributed by atoms with van der Waals surface area (Å²) in [6.45, 7) is 7.24. The molecule has 3 nitrogen and oxygen atoms in total. The number of hydrogen-bond acceptors (Lipinski definition) is 2. The Morgan fingerprint density at radius 2 is 1.70 bits per heavy atom. The van der Waals surface area contributed by atoms with Crippen LogP contribution in [0.4, 0.5) is 0 Å². The molecule has 0 unspecified atom stereocenters. The molecule has 0 saturated heterocycles. The highest BCUT2D eigenvalue weighted by molar-refractivity contribution is 5.91. The Hall–Kier alpha value is -0.830. The first kappa shape index (κ1) is 11.9. The Labute approximate surface area is 62.1 Å². The van der Waals surface area contributed by atoms with E-state index in [0.717, 1.165) is 0 Å². The van der Waals surface area contributed by atoms with Gasteiger partial charge in [0.15, 0.2) is 0 Å². The van der Waals surface area contributed by atoms with Gasteiger partial charge in [-0.25, -0.2) is 0 Å². The molecule has 4 N–H and O–H groups in total. The molecule has 0 radical (unpaired) electrons. The minimum Gasteiger partial charge on any atom is -0.366 e. The summed E-state index contributed by atoms with van der Waals surface area (Å²) < 4.78 is 0. The van der Waals surface area contributed by atoms with Gasteiger partial charge in [0, 0.05) is 5.57 Å². The minimum atomic E-state index is -0.403. The lowest BCUT2D eigenvalue weighted by Crippen LogP contribution is -2.16. The molecule has 0 heterocycles. The molecule has 0 aliphatic carbocycles.